The largest absolute Gasteiger partial charge is 0.372 e. The number of aromatic nitrogens is 4. The summed E-state index contributed by atoms with van der Waals surface area (Å²) < 4.78 is 27.2. The average Bonchev–Trinajstić information content (AvgIpc) is 3.41. The van der Waals surface area contributed by atoms with Crippen molar-refractivity contribution >= 4 is 34.5 Å². The van der Waals surface area contributed by atoms with Crippen LogP contribution in [-0.4, -0.2) is 62.8 Å². The molecule has 3 aliphatic rings. The number of barbiturate groups is 1. The third kappa shape index (κ3) is 2.53. The number of anilines is 1. The topological polar surface area (TPSA) is 144 Å². The van der Waals surface area contributed by atoms with E-state index in [4.69, 9.17) is 9.26 Å². The van der Waals surface area contributed by atoms with E-state index in [1.54, 1.807) is 17.9 Å². The number of morpholine rings is 1. The van der Waals surface area contributed by atoms with E-state index < -0.39 is 41.2 Å². The summed E-state index contributed by atoms with van der Waals surface area (Å²) in [4.78, 5) is 41.1. The number of halogens is 1. The van der Waals surface area contributed by atoms with Crippen LogP contribution in [0.1, 0.15) is 19.4 Å². The Morgan fingerprint density at radius 3 is 2.55 bits per heavy atom. The van der Waals surface area contributed by atoms with Crippen LogP contribution in [0.25, 0.3) is 16.8 Å². The van der Waals surface area contributed by atoms with Crippen LogP contribution in [0.2, 0.25) is 0 Å². The van der Waals surface area contributed by atoms with Gasteiger partial charge in [0.1, 0.15) is 0 Å². The summed E-state index contributed by atoms with van der Waals surface area (Å²) in [6, 6.07) is -0.113. The minimum Gasteiger partial charge on any atom is -0.372 e. The van der Waals surface area contributed by atoms with Crippen molar-refractivity contribution in [2.75, 3.05) is 11.4 Å². The molecular weight excluding hydrogens is 437 g/mol. The smallest absolute Gasteiger partial charge is 0.328 e. The van der Waals surface area contributed by atoms with E-state index in [0.717, 1.165) is 0 Å². The summed E-state index contributed by atoms with van der Waals surface area (Å²) in [5.74, 6) is -1.99. The Kier molecular flexibility index (Phi) is 3.94. The zero-order chi connectivity index (χ0) is 23.1. The Morgan fingerprint density at radius 2 is 1.85 bits per heavy atom. The third-order valence-electron chi connectivity index (χ3n) is 6.55. The zero-order valence-electron chi connectivity index (χ0n) is 17.5. The molecule has 3 aromatic rings. The summed E-state index contributed by atoms with van der Waals surface area (Å²) in [6.45, 7) is 3.77. The van der Waals surface area contributed by atoms with Gasteiger partial charge >= 0.3 is 6.03 Å². The van der Waals surface area contributed by atoms with Gasteiger partial charge in [-0.3, -0.25) is 20.2 Å². The number of carbonyl (C=O) groups excluding carboxylic acids is 3. The number of benzene rings is 1. The molecule has 1 spiro atoms. The minimum atomic E-state index is -1.71. The molecule has 6 rings (SSSR count). The molecule has 33 heavy (non-hydrogen) atoms. The van der Waals surface area contributed by atoms with Crippen molar-refractivity contribution in [3.8, 4) is 5.82 Å². The number of fused-ring (bicyclic) bond motifs is 5. The number of amides is 4. The van der Waals surface area contributed by atoms with Crippen LogP contribution in [0.4, 0.5) is 14.9 Å². The molecule has 0 aliphatic carbocycles. The van der Waals surface area contributed by atoms with Crippen LogP contribution in [-0.2, 0) is 20.7 Å². The summed E-state index contributed by atoms with van der Waals surface area (Å²) in [5, 5.41) is 16.7. The molecule has 0 radical (unpaired) electrons. The van der Waals surface area contributed by atoms with Gasteiger partial charge in [0.05, 0.1) is 41.7 Å². The van der Waals surface area contributed by atoms with Crippen LogP contribution in [0.5, 0.6) is 0 Å². The highest BCUT2D eigenvalue weighted by molar-refractivity contribution is 6.20. The molecule has 2 aromatic heterocycles. The molecule has 2 saturated heterocycles. The van der Waals surface area contributed by atoms with Crippen molar-refractivity contribution in [1.82, 2.24) is 30.8 Å². The molecule has 0 saturated carbocycles. The Bertz CT molecular complexity index is 1320. The van der Waals surface area contributed by atoms with E-state index in [1.807, 2.05) is 6.92 Å². The molecule has 3 aliphatic heterocycles. The molecule has 3 atom stereocenters. The lowest BCUT2D eigenvalue weighted by Crippen LogP contribution is -2.75. The lowest BCUT2D eigenvalue weighted by molar-refractivity contribution is -0.153. The molecule has 4 amide bonds. The highest BCUT2D eigenvalue weighted by Crippen LogP contribution is 2.49. The number of hydrogen-bond acceptors (Lipinski definition) is 9. The molecule has 0 unspecified atom stereocenters. The number of urea groups is 1. The quantitative estimate of drug-likeness (QED) is 0.499. The van der Waals surface area contributed by atoms with Crippen molar-refractivity contribution in [1.29, 1.82) is 0 Å². The van der Waals surface area contributed by atoms with Crippen LogP contribution in [0.3, 0.4) is 0 Å². The standard InChI is InChI=1S/C20H18FN7O5/c1-8-7-27-13-10(5-11-14(12(13)21)33-26-16(11)28-22-3-4-23-28)6-20(15(27)9(2)32-8)17(29)24-19(31)25-18(20)30/h3-5,8-9,15H,6-7H2,1-2H3,(H2,24,25,29,30,31)/t8-,9+,15-/m1/s1. The van der Waals surface area contributed by atoms with E-state index in [9.17, 15) is 14.4 Å². The Hall–Kier alpha value is -3.87. The lowest BCUT2D eigenvalue weighted by Gasteiger charge is -2.55. The Morgan fingerprint density at radius 1 is 1.15 bits per heavy atom. The van der Waals surface area contributed by atoms with Gasteiger partial charge in [-0.2, -0.15) is 10.2 Å². The predicted molar refractivity (Wildman–Crippen MR) is 108 cm³/mol. The van der Waals surface area contributed by atoms with Crippen LogP contribution in [0, 0.1) is 11.2 Å². The first-order valence-electron chi connectivity index (χ1n) is 10.4. The number of nitrogens with zero attached hydrogens (tertiary/aromatic N) is 5. The van der Waals surface area contributed by atoms with E-state index >= 15 is 4.39 Å². The monoisotopic (exact) mass is 455 g/mol. The first-order chi connectivity index (χ1) is 15.8. The summed E-state index contributed by atoms with van der Waals surface area (Å²) >= 11 is 0. The van der Waals surface area contributed by atoms with Crippen LogP contribution >= 0.6 is 0 Å². The first kappa shape index (κ1) is 19.8. The van der Waals surface area contributed by atoms with E-state index in [1.165, 1.54) is 17.2 Å². The molecule has 1 aromatic carbocycles. The number of nitrogens with one attached hydrogen (secondary N) is 2. The van der Waals surface area contributed by atoms with Gasteiger partial charge in [0.15, 0.2) is 11.2 Å². The minimum absolute atomic E-state index is 0.0877. The first-order valence-corrected chi connectivity index (χ1v) is 10.4. The number of rotatable bonds is 1. The van der Waals surface area contributed by atoms with Crippen molar-refractivity contribution in [3.05, 3.63) is 29.8 Å². The van der Waals surface area contributed by atoms with E-state index in [-0.39, 0.29) is 41.5 Å². The second-order valence-corrected chi connectivity index (χ2v) is 8.53. The lowest BCUT2D eigenvalue weighted by atomic mass is 9.66. The van der Waals surface area contributed by atoms with Gasteiger partial charge in [-0.1, -0.05) is 5.16 Å². The maximum atomic E-state index is 15.9. The molecule has 2 fully saturated rings. The fraction of sp³-hybridized carbons (Fsp3) is 0.400. The SMILES string of the molecule is C[C@@H]1CN2c3c(cc4c(-n5nccn5)noc4c3F)CC3(C(=O)NC(=O)NC3=O)[C@H]2[C@H](C)O1. The third-order valence-corrected chi connectivity index (χ3v) is 6.55. The Balaban J connectivity index is 1.61. The summed E-state index contributed by atoms with van der Waals surface area (Å²) in [6.07, 6.45) is 1.82. The summed E-state index contributed by atoms with van der Waals surface area (Å²) in [7, 11) is 0. The van der Waals surface area contributed by atoms with Crippen molar-refractivity contribution in [3.63, 3.8) is 0 Å². The molecular formula is C20H18FN7O5. The Labute approximate surface area is 185 Å². The van der Waals surface area contributed by atoms with Gasteiger partial charge in [0.2, 0.25) is 23.2 Å². The maximum Gasteiger partial charge on any atom is 0.328 e. The van der Waals surface area contributed by atoms with Crippen LogP contribution in [0.15, 0.2) is 23.0 Å². The van der Waals surface area contributed by atoms with Gasteiger partial charge in [-0.25, -0.2) is 9.18 Å². The molecule has 2 N–H and O–H groups in total. The highest BCUT2D eigenvalue weighted by atomic mass is 19.1. The van der Waals surface area contributed by atoms with Gasteiger partial charge in [-0.05, 0) is 25.5 Å². The van der Waals surface area contributed by atoms with Crippen LogP contribution < -0.4 is 15.5 Å². The summed E-state index contributed by atoms with van der Waals surface area (Å²) in [5.41, 5.74) is -1.18. The normalized spacial score (nSPS) is 26.2. The fourth-order valence-corrected chi connectivity index (χ4v) is 5.41. The van der Waals surface area contributed by atoms with Crippen molar-refractivity contribution in [2.24, 2.45) is 5.41 Å². The molecule has 170 valence electrons. The van der Waals surface area contributed by atoms with Gasteiger partial charge in [0.25, 0.3) is 0 Å². The maximum absolute atomic E-state index is 15.9. The van der Waals surface area contributed by atoms with Crippen molar-refractivity contribution in [2.45, 2.75) is 38.5 Å². The highest BCUT2D eigenvalue weighted by Gasteiger charge is 2.63. The zero-order valence-corrected chi connectivity index (χ0v) is 17.5. The number of ether oxygens (including phenoxy) is 1. The van der Waals surface area contributed by atoms with Crippen molar-refractivity contribution < 1.29 is 28.0 Å². The number of imide groups is 2. The number of carbonyl (C=O) groups is 3. The molecule has 5 heterocycles. The molecule has 12 nitrogen and oxygen atoms in total. The van der Waals surface area contributed by atoms with Gasteiger partial charge < -0.3 is 14.2 Å². The second-order valence-electron chi connectivity index (χ2n) is 8.53. The fourth-order valence-electron chi connectivity index (χ4n) is 5.41. The van der Waals surface area contributed by atoms with Gasteiger partial charge in [0, 0.05) is 13.0 Å². The average molecular weight is 455 g/mol. The number of hydrogen-bond donors (Lipinski definition) is 2. The van der Waals surface area contributed by atoms with E-state index in [2.05, 4.69) is 26.0 Å². The van der Waals surface area contributed by atoms with E-state index in [0.29, 0.717) is 5.56 Å². The second kappa shape index (κ2) is 6.57. The predicted octanol–water partition coefficient (Wildman–Crippen LogP) is 0.438. The molecule has 13 heteroatoms. The van der Waals surface area contributed by atoms with Gasteiger partial charge in [-0.15, -0.1) is 4.80 Å². The molecule has 0 bridgehead atoms.